The maximum Gasteiger partial charge on any atom is 0.141 e. The molecule has 1 saturated heterocycles. The second-order valence-corrected chi connectivity index (χ2v) is 8.13. The van der Waals surface area contributed by atoms with Crippen LogP contribution in [0.4, 0.5) is 10.1 Å². The molecule has 150 valence electrons. The van der Waals surface area contributed by atoms with Gasteiger partial charge in [0.05, 0.1) is 27.6 Å². The Hall–Kier alpha value is -1.53. The van der Waals surface area contributed by atoms with Gasteiger partial charge in [0.1, 0.15) is 5.83 Å². The van der Waals surface area contributed by atoms with Crippen LogP contribution in [0.3, 0.4) is 0 Å². The summed E-state index contributed by atoms with van der Waals surface area (Å²) in [5.74, 6) is -0.193. The third-order valence-corrected chi connectivity index (χ3v) is 6.33. The van der Waals surface area contributed by atoms with Crippen molar-refractivity contribution in [1.29, 1.82) is 0 Å². The van der Waals surface area contributed by atoms with Crippen molar-refractivity contribution in [2.75, 3.05) is 50.7 Å². The van der Waals surface area contributed by atoms with E-state index in [0.29, 0.717) is 10.0 Å². The van der Waals surface area contributed by atoms with Crippen LogP contribution in [0.1, 0.15) is 12.8 Å². The molecule has 0 N–H and O–H groups in total. The first-order chi connectivity index (χ1) is 13.6. The Bertz CT molecular complexity index is 800. The van der Waals surface area contributed by atoms with Crippen molar-refractivity contribution in [3.63, 3.8) is 0 Å². The van der Waals surface area contributed by atoms with Crippen molar-refractivity contribution in [1.82, 2.24) is 14.9 Å². The monoisotopic (exact) mass is 422 g/mol. The molecule has 3 heterocycles. The van der Waals surface area contributed by atoms with E-state index >= 15 is 0 Å². The standard InChI is InChI=1S/C21H25Cl2FN4/c22-19-4-3-5-20(21(19)23)26-14-12-25(13-15-26)9-1-2-10-27-11-8-18-7-6-17(24)16-28(18)27/h3-8,16H,1-2,9-15H2. The fourth-order valence-corrected chi connectivity index (χ4v) is 4.36. The smallest absolute Gasteiger partial charge is 0.141 e. The van der Waals surface area contributed by atoms with Gasteiger partial charge in [-0.25, -0.2) is 9.40 Å². The van der Waals surface area contributed by atoms with Crippen LogP contribution in [0, 0.1) is 0 Å². The highest BCUT2D eigenvalue weighted by Gasteiger charge is 2.23. The van der Waals surface area contributed by atoms with Gasteiger partial charge in [-0.3, -0.25) is 9.91 Å². The SMILES string of the molecule is FC1=CN2C(=CCN2CCCCN2CCN(c3cccc(Cl)c3Cl)CC2)C=C1. The van der Waals surface area contributed by atoms with Crippen molar-refractivity contribution in [3.8, 4) is 0 Å². The number of halogens is 3. The molecular formula is C21H25Cl2FN4. The van der Waals surface area contributed by atoms with E-state index in [0.717, 1.165) is 70.0 Å². The highest BCUT2D eigenvalue weighted by Crippen LogP contribution is 2.33. The molecule has 0 bridgehead atoms. The first-order valence-corrected chi connectivity index (χ1v) is 10.6. The summed E-state index contributed by atoms with van der Waals surface area (Å²) in [4.78, 5) is 4.82. The third kappa shape index (κ3) is 4.38. The van der Waals surface area contributed by atoms with Gasteiger partial charge in [0.15, 0.2) is 0 Å². The highest BCUT2D eigenvalue weighted by molar-refractivity contribution is 6.43. The van der Waals surface area contributed by atoms with E-state index in [1.54, 1.807) is 6.20 Å². The molecule has 0 aromatic heterocycles. The molecule has 3 aliphatic heterocycles. The quantitative estimate of drug-likeness (QED) is 0.616. The molecule has 3 aliphatic rings. The maximum absolute atomic E-state index is 13.5. The number of allylic oxidation sites excluding steroid dienone is 3. The molecule has 4 rings (SSSR count). The summed E-state index contributed by atoms with van der Waals surface area (Å²) in [6.07, 6.45) is 9.29. The zero-order chi connectivity index (χ0) is 19.5. The van der Waals surface area contributed by atoms with Gasteiger partial charge in [0, 0.05) is 39.3 Å². The number of unbranched alkanes of at least 4 members (excludes halogenated alkanes) is 1. The number of fused-ring (bicyclic) bond motifs is 1. The van der Waals surface area contributed by atoms with E-state index in [2.05, 4.69) is 20.9 Å². The van der Waals surface area contributed by atoms with Gasteiger partial charge < -0.3 is 4.90 Å². The van der Waals surface area contributed by atoms with Gasteiger partial charge in [-0.05, 0) is 49.7 Å². The summed E-state index contributed by atoms with van der Waals surface area (Å²) in [6, 6.07) is 5.82. The van der Waals surface area contributed by atoms with Gasteiger partial charge in [-0.2, -0.15) is 0 Å². The van der Waals surface area contributed by atoms with Gasteiger partial charge in [-0.15, -0.1) is 0 Å². The lowest BCUT2D eigenvalue weighted by Gasteiger charge is -2.36. The van der Waals surface area contributed by atoms with E-state index in [4.69, 9.17) is 23.2 Å². The molecule has 0 radical (unpaired) electrons. The second-order valence-electron chi connectivity index (χ2n) is 7.34. The molecule has 0 aliphatic carbocycles. The van der Waals surface area contributed by atoms with Crippen molar-refractivity contribution in [3.05, 3.63) is 64.2 Å². The van der Waals surface area contributed by atoms with Gasteiger partial charge >= 0.3 is 0 Å². The van der Waals surface area contributed by atoms with Crippen molar-refractivity contribution < 1.29 is 4.39 Å². The fraction of sp³-hybridized carbons (Fsp3) is 0.429. The largest absolute Gasteiger partial charge is 0.368 e. The molecule has 0 atom stereocenters. The highest BCUT2D eigenvalue weighted by atomic mass is 35.5. The summed E-state index contributed by atoms with van der Waals surface area (Å²) >= 11 is 12.5. The van der Waals surface area contributed by atoms with E-state index in [-0.39, 0.29) is 5.83 Å². The van der Waals surface area contributed by atoms with Crippen LogP contribution >= 0.6 is 23.2 Å². The van der Waals surface area contributed by atoms with E-state index in [9.17, 15) is 4.39 Å². The minimum absolute atomic E-state index is 0.193. The number of anilines is 1. The van der Waals surface area contributed by atoms with Crippen molar-refractivity contribution in [2.45, 2.75) is 12.8 Å². The third-order valence-electron chi connectivity index (χ3n) is 5.52. The molecule has 1 aromatic rings. The lowest BCUT2D eigenvalue weighted by atomic mass is 10.2. The zero-order valence-corrected chi connectivity index (χ0v) is 17.3. The number of rotatable bonds is 6. The normalized spacial score (nSPS) is 20.4. The fourth-order valence-electron chi connectivity index (χ4n) is 3.95. The van der Waals surface area contributed by atoms with Gasteiger partial charge in [-0.1, -0.05) is 29.3 Å². The molecule has 0 unspecified atom stereocenters. The van der Waals surface area contributed by atoms with Gasteiger partial charge in [0.25, 0.3) is 0 Å². The van der Waals surface area contributed by atoms with Crippen molar-refractivity contribution >= 4 is 28.9 Å². The first kappa shape index (κ1) is 19.8. The summed E-state index contributed by atoms with van der Waals surface area (Å²) in [5, 5.41) is 5.38. The van der Waals surface area contributed by atoms with E-state index in [1.807, 2.05) is 29.3 Å². The number of hydrazine groups is 1. The molecule has 1 aromatic carbocycles. The predicted molar refractivity (Wildman–Crippen MR) is 114 cm³/mol. The summed E-state index contributed by atoms with van der Waals surface area (Å²) in [7, 11) is 0. The Kier molecular flexibility index (Phi) is 6.26. The number of piperazine rings is 1. The Morgan fingerprint density at radius 1 is 0.964 bits per heavy atom. The van der Waals surface area contributed by atoms with Crippen LogP contribution in [0.2, 0.25) is 10.0 Å². The summed E-state index contributed by atoms with van der Waals surface area (Å²) in [6.45, 7) is 6.87. The maximum atomic E-state index is 13.5. The Morgan fingerprint density at radius 2 is 1.75 bits per heavy atom. The number of hydrogen-bond acceptors (Lipinski definition) is 4. The van der Waals surface area contributed by atoms with Gasteiger partial charge in [0.2, 0.25) is 0 Å². The lowest BCUT2D eigenvalue weighted by Crippen LogP contribution is -2.46. The molecule has 1 fully saturated rings. The Balaban J connectivity index is 1.18. The van der Waals surface area contributed by atoms with Crippen LogP contribution < -0.4 is 4.90 Å². The minimum Gasteiger partial charge on any atom is -0.368 e. The zero-order valence-electron chi connectivity index (χ0n) is 15.8. The topological polar surface area (TPSA) is 13.0 Å². The predicted octanol–water partition coefficient (Wildman–Crippen LogP) is 4.69. The van der Waals surface area contributed by atoms with Crippen LogP contribution in [0.15, 0.2) is 54.2 Å². The number of benzene rings is 1. The van der Waals surface area contributed by atoms with E-state index < -0.39 is 0 Å². The molecule has 0 saturated carbocycles. The molecule has 0 amide bonds. The van der Waals surface area contributed by atoms with Crippen LogP contribution in [-0.2, 0) is 0 Å². The molecule has 4 nitrogen and oxygen atoms in total. The lowest BCUT2D eigenvalue weighted by molar-refractivity contribution is 0.0870. The minimum atomic E-state index is -0.193. The Morgan fingerprint density at radius 3 is 2.57 bits per heavy atom. The van der Waals surface area contributed by atoms with Crippen LogP contribution in [0.25, 0.3) is 0 Å². The molecular weight excluding hydrogens is 398 g/mol. The number of hydrogen-bond donors (Lipinski definition) is 0. The average Bonchev–Trinajstić information content (AvgIpc) is 3.10. The van der Waals surface area contributed by atoms with Crippen LogP contribution in [-0.4, -0.2) is 60.7 Å². The summed E-state index contributed by atoms with van der Waals surface area (Å²) in [5.41, 5.74) is 2.10. The van der Waals surface area contributed by atoms with Crippen molar-refractivity contribution in [2.24, 2.45) is 0 Å². The summed E-state index contributed by atoms with van der Waals surface area (Å²) < 4.78 is 13.5. The second kappa shape index (κ2) is 8.87. The number of nitrogens with zero attached hydrogens (tertiary/aromatic N) is 4. The average molecular weight is 423 g/mol. The van der Waals surface area contributed by atoms with Crippen LogP contribution in [0.5, 0.6) is 0 Å². The molecule has 0 spiro atoms. The molecule has 28 heavy (non-hydrogen) atoms. The molecule has 7 heteroatoms. The van der Waals surface area contributed by atoms with E-state index in [1.165, 1.54) is 6.08 Å². The first-order valence-electron chi connectivity index (χ1n) is 9.83. The Labute approximate surface area is 176 Å².